The van der Waals surface area contributed by atoms with Crippen molar-refractivity contribution in [2.24, 2.45) is 0 Å². The molecule has 0 saturated carbocycles. The maximum atomic E-state index is 12.0. The predicted molar refractivity (Wildman–Crippen MR) is 82.3 cm³/mol. The lowest BCUT2D eigenvalue weighted by molar-refractivity contribution is 0.0202. The number of rotatable bonds is 3. The number of aromatic nitrogens is 1. The third kappa shape index (κ3) is 4.89. The summed E-state index contributed by atoms with van der Waals surface area (Å²) in [4.78, 5) is 18.6. The van der Waals surface area contributed by atoms with Crippen molar-refractivity contribution in [3.8, 4) is 0 Å². The van der Waals surface area contributed by atoms with E-state index in [0.29, 0.717) is 25.3 Å². The lowest BCUT2D eigenvalue weighted by Gasteiger charge is -2.26. The first kappa shape index (κ1) is 16.1. The smallest absolute Gasteiger partial charge is 0.410 e. The minimum absolute atomic E-state index is 0.319. The number of nitrogens with zero attached hydrogens (tertiary/aromatic N) is 2. The Hall–Kier alpha value is -1.27. The molecule has 2 rings (SSSR count). The highest BCUT2D eigenvalue weighted by molar-refractivity contribution is 7.99. The van der Waals surface area contributed by atoms with Crippen molar-refractivity contribution in [2.45, 2.75) is 43.3 Å². The van der Waals surface area contributed by atoms with Gasteiger partial charge in [-0.05, 0) is 39.3 Å². The van der Waals surface area contributed by atoms with Crippen LogP contribution < -0.4 is 0 Å². The second-order valence-electron chi connectivity index (χ2n) is 6.35. The van der Waals surface area contributed by atoms with Crippen LogP contribution in [0.4, 0.5) is 4.79 Å². The van der Waals surface area contributed by atoms with Gasteiger partial charge in [0.2, 0.25) is 0 Å². The molecule has 1 atom stereocenters. The molecular weight excluding hydrogens is 288 g/mol. The molecule has 0 radical (unpaired) electrons. The predicted octanol–water partition coefficient (Wildman–Crippen LogP) is 2.55. The lowest BCUT2D eigenvalue weighted by Crippen LogP contribution is -2.40. The molecule has 1 aliphatic heterocycles. The zero-order chi connectivity index (χ0) is 15.5. The molecule has 0 aromatic carbocycles. The van der Waals surface area contributed by atoms with E-state index in [-0.39, 0.29) is 6.09 Å². The highest BCUT2D eigenvalue weighted by Gasteiger charge is 2.39. The van der Waals surface area contributed by atoms with Gasteiger partial charge in [0.05, 0.1) is 12.1 Å². The Balaban J connectivity index is 1.87. The van der Waals surface area contributed by atoms with Crippen molar-refractivity contribution >= 4 is 17.9 Å². The fourth-order valence-corrected chi connectivity index (χ4v) is 3.09. The van der Waals surface area contributed by atoms with Crippen LogP contribution >= 0.6 is 11.8 Å². The summed E-state index contributed by atoms with van der Waals surface area (Å²) in [5, 5.41) is 10.6. The van der Waals surface area contributed by atoms with Crippen molar-refractivity contribution in [3.05, 3.63) is 24.5 Å². The van der Waals surface area contributed by atoms with Gasteiger partial charge in [0.15, 0.2) is 0 Å². The van der Waals surface area contributed by atoms with Crippen LogP contribution in [0, 0.1) is 0 Å². The highest BCUT2D eigenvalue weighted by Crippen LogP contribution is 2.29. The van der Waals surface area contributed by atoms with Crippen LogP contribution in [-0.4, -0.2) is 51.1 Å². The third-order valence-corrected chi connectivity index (χ3v) is 4.43. The Labute approximate surface area is 129 Å². The van der Waals surface area contributed by atoms with Crippen LogP contribution in [0.15, 0.2) is 29.4 Å². The summed E-state index contributed by atoms with van der Waals surface area (Å²) in [5.74, 6) is 0.552. The first-order valence-corrected chi connectivity index (χ1v) is 7.99. The lowest BCUT2D eigenvalue weighted by atomic mass is 10.1. The Morgan fingerprint density at radius 2 is 2.14 bits per heavy atom. The van der Waals surface area contributed by atoms with Gasteiger partial charge in [-0.1, -0.05) is 0 Å². The number of ether oxygens (including phenoxy) is 1. The van der Waals surface area contributed by atoms with Gasteiger partial charge in [-0.15, -0.1) is 11.8 Å². The van der Waals surface area contributed by atoms with Gasteiger partial charge in [-0.3, -0.25) is 4.98 Å². The van der Waals surface area contributed by atoms with Crippen LogP contribution in [0.5, 0.6) is 0 Å². The van der Waals surface area contributed by atoms with Crippen LogP contribution in [0.3, 0.4) is 0 Å². The molecule has 1 saturated heterocycles. The van der Waals surface area contributed by atoms with Crippen LogP contribution in [0.25, 0.3) is 0 Å². The molecule has 21 heavy (non-hydrogen) atoms. The summed E-state index contributed by atoms with van der Waals surface area (Å²) in [7, 11) is 0. The van der Waals surface area contributed by atoms with E-state index < -0.39 is 11.2 Å². The molecule has 0 spiro atoms. The molecule has 0 bridgehead atoms. The maximum Gasteiger partial charge on any atom is 0.410 e. The molecule has 6 heteroatoms. The summed E-state index contributed by atoms with van der Waals surface area (Å²) in [6, 6.07) is 3.82. The number of pyridine rings is 1. The Morgan fingerprint density at radius 1 is 1.48 bits per heavy atom. The number of β-amino-alcohol motifs (C(OH)–C–C–N with tert-alkyl or cyclic N) is 1. The van der Waals surface area contributed by atoms with E-state index in [0.717, 1.165) is 4.90 Å². The SMILES string of the molecule is CC(C)(C)OC(=O)N1CCC(O)(CSc2ccncc2)C1. The van der Waals surface area contributed by atoms with Gasteiger partial charge < -0.3 is 14.7 Å². The van der Waals surface area contributed by atoms with Gasteiger partial charge in [-0.2, -0.15) is 0 Å². The zero-order valence-electron chi connectivity index (χ0n) is 12.7. The molecule has 116 valence electrons. The van der Waals surface area contributed by atoms with Gasteiger partial charge in [-0.25, -0.2) is 4.79 Å². The van der Waals surface area contributed by atoms with Gasteiger partial charge in [0, 0.05) is 29.6 Å². The van der Waals surface area contributed by atoms with E-state index in [1.165, 1.54) is 0 Å². The monoisotopic (exact) mass is 310 g/mol. The molecule has 1 amide bonds. The molecular formula is C15H22N2O3S. The summed E-state index contributed by atoms with van der Waals surface area (Å²) in [5.41, 5.74) is -1.37. The maximum absolute atomic E-state index is 12.0. The van der Waals surface area contributed by atoms with Crippen molar-refractivity contribution < 1.29 is 14.6 Å². The number of hydrogen-bond acceptors (Lipinski definition) is 5. The summed E-state index contributed by atoms with van der Waals surface area (Å²) >= 11 is 1.57. The number of hydrogen-bond donors (Lipinski definition) is 1. The highest BCUT2D eigenvalue weighted by atomic mass is 32.2. The normalized spacial score (nSPS) is 22.4. The molecule has 5 nitrogen and oxygen atoms in total. The largest absolute Gasteiger partial charge is 0.444 e. The number of thioether (sulfide) groups is 1. The second kappa shape index (κ2) is 6.23. The van der Waals surface area contributed by atoms with Crippen molar-refractivity contribution in [1.82, 2.24) is 9.88 Å². The third-order valence-electron chi connectivity index (χ3n) is 3.14. The molecule has 2 heterocycles. The fraction of sp³-hybridized carbons (Fsp3) is 0.600. The molecule has 1 N–H and O–H groups in total. The van der Waals surface area contributed by atoms with Crippen LogP contribution in [-0.2, 0) is 4.74 Å². The molecule has 0 aliphatic carbocycles. The van der Waals surface area contributed by atoms with E-state index in [2.05, 4.69) is 4.98 Å². The molecule has 1 aromatic rings. The number of carbonyl (C=O) groups is 1. The van der Waals surface area contributed by atoms with Crippen molar-refractivity contribution in [3.63, 3.8) is 0 Å². The van der Waals surface area contributed by atoms with E-state index in [4.69, 9.17) is 4.74 Å². The number of likely N-dealkylation sites (tertiary alicyclic amines) is 1. The Kier molecular flexibility index (Phi) is 4.78. The number of carbonyl (C=O) groups excluding carboxylic acids is 1. The molecule has 1 fully saturated rings. The summed E-state index contributed by atoms with van der Waals surface area (Å²) < 4.78 is 5.34. The Bertz CT molecular complexity index is 489. The van der Waals surface area contributed by atoms with E-state index in [9.17, 15) is 9.90 Å². The standard InChI is InChI=1S/C15H22N2O3S/c1-14(2,3)20-13(18)17-9-6-15(19,10-17)11-21-12-4-7-16-8-5-12/h4-5,7-8,19H,6,9-11H2,1-3H3. The van der Waals surface area contributed by atoms with Gasteiger partial charge >= 0.3 is 6.09 Å². The average Bonchev–Trinajstić information content (AvgIpc) is 2.79. The van der Waals surface area contributed by atoms with E-state index >= 15 is 0 Å². The topological polar surface area (TPSA) is 62.7 Å². The molecule has 1 unspecified atom stereocenters. The minimum Gasteiger partial charge on any atom is -0.444 e. The van der Waals surface area contributed by atoms with E-state index in [1.807, 2.05) is 32.9 Å². The van der Waals surface area contributed by atoms with Gasteiger partial charge in [0.1, 0.15) is 5.60 Å². The van der Waals surface area contributed by atoms with Crippen LogP contribution in [0.2, 0.25) is 0 Å². The molecule has 1 aliphatic rings. The zero-order valence-corrected chi connectivity index (χ0v) is 13.5. The molecule has 1 aromatic heterocycles. The van der Waals surface area contributed by atoms with Crippen molar-refractivity contribution in [2.75, 3.05) is 18.8 Å². The summed E-state index contributed by atoms with van der Waals surface area (Å²) in [6.45, 7) is 6.37. The number of amides is 1. The fourth-order valence-electron chi connectivity index (χ4n) is 2.11. The second-order valence-corrected chi connectivity index (χ2v) is 7.40. The first-order chi connectivity index (χ1) is 9.77. The first-order valence-electron chi connectivity index (χ1n) is 7.01. The number of aliphatic hydroxyl groups is 1. The van der Waals surface area contributed by atoms with Gasteiger partial charge in [0.25, 0.3) is 0 Å². The van der Waals surface area contributed by atoms with E-state index in [1.54, 1.807) is 29.1 Å². The van der Waals surface area contributed by atoms with Crippen molar-refractivity contribution in [1.29, 1.82) is 0 Å². The quantitative estimate of drug-likeness (QED) is 0.869. The van der Waals surface area contributed by atoms with Crippen LogP contribution in [0.1, 0.15) is 27.2 Å². The summed E-state index contributed by atoms with van der Waals surface area (Å²) in [6.07, 6.45) is 3.68. The minimum atomic E-state index is -0.856. The Morgan fingerprint density at radius 3 is 2.76 bits per heavy atom. The average molecular weight is 310 g/mol.